The van der Waals surface area contributed by atoms with Crippen LogP contribution in [0.15, 0.2) is 4.52 Å². The summed E-state index contributed by atoms with van der Waals surface area (Å²) in [7, 11) is 1.80. The van der Waals surface area contributed by atoms with Gasteiger partial charge in [-0.2, -0.15) is 0 Å². The number of carbonyl (C=O) groups excluding carboxylic acids is 2. The van der Waals surface area contributed by atoms with Gasteiger partial charge in [0.1, 0.15) is 11.5 Å². The molecule has 23 heavy (non-hydrogen) atoms. The van der Waals surface area contributed by atoms with E-state index in [1.165, 1.54) is 5.56 Å². The molecule has 1 atom stereocenters. The standard InChI is InChI=1S/C17H23N3O3/c1-19(10-14-13-4-2-3-5-15(13)23-18-14)17(22)11-8-16(21)20(9-11)12-6-7-12/h11-12H,2-10H2,1H3/t11-/m0/s1. The third-order valence-electron chi connectivity index (χ3n) is 5.29. The summed E-state index contributed by atoms with van der Waals surface area (Å²) in [6.45, 7) is 1.06. The molecule has 0 unspecified atom stereocenters. The maximum absolute atomic E-state index is 12.7. The van der Waals surface area contributed by atoms with E-state index in [9.17, 15) is 9.59 Å². The predicted octanol–water partition coefficient (Wildman–Crippen LogP) is 1.52. The van der Waals surface area contributed by atoms with Crippen molar-refractivity contribution in [1.82, 2.24) is 15.0 Å². The Labute approximate surface area is 135 Å². The number of hydrogen-bond acceptors (Lipinski definition) is 4. The van der Waals surface area contributed by atoms with Gasteiger partial charge in [-0.15, -0.1) is 0 Å². The summed E-state index contributed by atoms with van der Waals surface area (Å²) >= 11 is 0. The zero-order valence-electron chi connectivity index (χ0n) is 13.6. The van der Waals surface area contributed by atoms with Crippen LogP contribution in [0.2, 0.25) is 0 Å². The molecular weight excluding hydrogens is 294 g/mol. The molecule has 0 spiro atoms. The van der Waals surface area contributed by atoms with Gasteiger partial charge in [-0.3, -0.25) is 9.59 Å². The second kappa shape index (κ2) is 5.65. The molecule has 3 aliphatic rings. The highest BCUT2D eigenvalue weighted by Gasteiger charge is 2.42. The Balaban J connectivity index is 1.41. The molecule has 0 aromatic carbocycles. The summed E-state index contributed by atoms with van der Waals surface area (Å²) in [5, 5.41) is 4.17. The van der Waals surface area contributed by atoms with Gasteiger partial charge in [0.05, 0.1) is 12.5 Å². The number of nitrogens with zero attached hydrogens (tertiary/aromatic N) is 3. The van der Waals surface area contributed by atoms with E-state index in [4.69, 9.17) is 4.52 Å². The van der Waals surface area contributed by atoms with Crippen LogP contribution in [0.5, 0.6) is 0 Å². The monoisotopic (exact) mass is 317 g/mol. The first-order chi connectivity index (χ1) is 11.1. The fraction of sp³-hybridized carbons (Fsp3) is 0.706. The fourth-order valence-corrected chi connectivity index (χ4v) is 3.82. The summed E-state index contributed by atoms with van der Waals surface area (Å²) in [4.78, 5) is 28.3. The number of amides is 2. The average molecular weight is 317 g/mol. The molecule has 124 valence electrons. The molecule has 1 saturated heterocycles. The first-order valence-electron chi connectivity index (χ1n) is 8.64. The number of fused-ring (bicyclic) bond motifs is 1. The molecule has 1 aromatic rings. The lowest BCUT2D eigenvalue weighted by Crippen LogP contribution is -2.35. The molecule has 0 N–H and O–H groups in total. The first kappa shape index (κ1) is 14.7. The van der Waals surface area contributed by atoms with Crippen molar-refractivity contribution in [1.29, 1.82) is 0 Å². The number of aromatic nitrogens is 1. The van der Waals surface area contributed by atoms with Crippen LogP contribution in [0.1, 0.15) is 49.1 Å². The maximum atomic E-state index is 12.7. The van der Waals surface area contributed by atoms with Crippen molar-refractivity contribution in [2.75, 3.05) is 13.6 Å². The van der Waals surface area contributed by atoms with Gasteiger partial charge in [0.2, 0.25) is 11.8 Å². The van der Waals surface area contributed by atoms with Crippen molar-refractivity contribution >= 4 is 11.8 Å². The van der Waals surface area contributed by atoms with E-state index >= 15 is 0 Å². The van der Waals surface area contributed by atoms with Crippen molar-refractivity contribution in [3.63, 3.8) is 0 Å². The lowest BCUT2D eigenvalue weighted by atomic mass is 9.96. The van der Waals surface area contributed by atoms with Crippen molar-refractivity contribution < 1.29 is 14.1 Å². The molecule has 6 nitrogen and oxygen atoms in total. The Morgan fingerprint density at radius 2 is 2.13 bits per heavy atom. The van der Waals surface area contributed by atoms with Crippen molar-refractivity contribution in [3.05, 3.63) is 17.0 Å². The SMILES string of the molecule is CN(Cc1noc2c1CCCC2)C(=O)[C@H]1CC(=O)N(C2CC2)C1. The minimum absolute atomic E-state index is 0.0501. The van der Waals surface area contributed by atoms with Crippen LogP contribution in [0.3, 0.4) is 0 Å². The molecular formula is C17H23N3O3. The van der Waals surface area contributed by atoms with E-state index < -0.39 is 0 Å². The molecule has 1 aromatic heterocycles. The van der Waals surface area contributed by atoms with Gasteiger partial charge in [-0.05, 0) is 32.1 Å². The lowest BCUT2D eigenvalue weighted by Gasteiger charge is -2.21. The summed E-state index contributed by atoms with van der Waals surface area (Å²) < 4.78 is 5.42. The number of carbonyl (C=O) groups is 2. The zero-order valence-corrected chi connectivity index (χ0v) is 13.6. The molecule has 6 heteroatoms. The minimum atomic E-state index is -0.198. The highest BCUT2D eigenvalue weighted by atomic mass is 16.5. The van der Waals surface area contributed by atoms with E-state index in [0.717, 1.165) is 50.0 Å². The third kappa shape index (κ3) is 2.75. The van der Waals surface area contributed by atoms with Gasteiger partial charge < -0.3 is 14.3 Å². The quantitative estimate of drug-likeness (QED) is 0.844. The molecule has 2 amide bonds. The third-order valence-corrected chi connectivity index (χ3v) is 5.29. The largest absolute Gasteiger partial charge is 0.361 e. The highest BCUT2D eigenvalue weighted by Crippen LogP contribution is 2.33. The Kier molecular flexibility index (Phi) is 3.62. The molecule has 2 aliphatic carbocycles. The van der Waals surface area contributed by atoms with Gasteiger partial charge in [0.25, 0.3) is 0 Å². The van der Waals surface area contributed by atoms with Gasteiger partial charge in [-0.1, -0.05) is 5.16 Å². The van der Waals surface area contributed by atoms with Crippen LogP contribution in [0.4, 0.5) is 0 Å². The molecule has 0 radical (unpaired) electrons. The summed E-state index contributed by atoms with van der Waals surface area (Å²) in [6.07, 6.45) is 6.79. The Morgan fingerprint density at radius 3 is 2.91 bits per heavy atom. The fourth-order valence-electron chi connectivity index (χ4n) is 3.82. The van der Waals surface area contributed by atoms with Crippen LogP contribution in [-0.4, -0.2) is 46.4 Å². The summed E-state index contributed by atoms with van der Waals surface area (Å²) in [6, 6.07) is 0.396. The van der Waals surface area contributed by atoms with E-state index in [1.807, 2.05) is 4.90 Å². The highest BCUT2D eigenvalue weighted by molar-refractivity contribution is 5.89. The van der Waals surface area contributed by atoms with Crippen LogP contribution in [-0.2, 0) is 29.0 Å². The molecule has 2 heterocycles. The normalized spacial score (nSPS) is 24.0. The Morgan fingerprint density at radius 1 is 1.35 bits per heavy atom. The molecule has 2 fully saturated rings. The second-order valence-corrected chi connectivity index (χ2v) is 7.11. The topological polar surface area (TPSA) is 66.7 Å². The van der Waals surface area contributed by atoms with E-state index in [-0.39, 0.29) is 17.7 Å². The second-order valence-electron chi connectivity index (χ2n) is 7.11. The van der Waals surface area contributed by atoms with Gasteiger partial charge in [-0.25, -0.2) is 0 Å². The molecule has 0 bridgehead atoms. The van der Waals surface area contributed by atoms with Crippen LogP contribution >= 0.6 is 0 Å². The van der Waals surface area contributed by atoms with Crippen molar-refractivity contribution in [2.45, 2.75) is 57.5 Å². The zero-order chi connectivity index (χ0) is 16.0. The van der Waals surface area contributed by atoms with Crippen LogP contribution in [0, 0.1) is 5.92 Å². The Hall–Kier alpha value is -1.85. The lowest BCUT2D eigenvalue weighted by molar-refractivity contribution is -0.135. The van der Waals surface area contributed by atoms with E-state index in [2.05, 4.69) is 5.16 Å². The predicted molar refractivity (Wildman–Crippen MR) is 82.5 cm³/mol. The molecule has 4 rings (SSSR count). The van der Waals surface area contributed by atoms with E-state index in [1.54, 1.807) is 11.9 Å². The molecule has 1 saturated carbocycles. The number of hydrogen-bond donors (Lipinski definition) is 0. The summed E-state index contributed by atoms with van der Waals surface area (Å²) in [5.74, 6) is 0.978. The van der Waals surface area contributed by atoms with Crippen molar-refractivity contribution in [2.24, 2.45) is 5.92 Å². The van der Waals surface area contributed by atoms with Crippen LogP contribution in [0.25, 0.3) is 0 Å². The van der Waals surface area contributed by atoms with Crippen LogP contribution < -0.4 is 0 Å². The Bertz CT molecular complexity index is 635. The maximum Gasteiger partial charge on any atom is 0.228 e. The molecule has 1 aliphatic heterocycles. The number of likely N-dealkylation sites (tertiary alicyclic amines) is 1. The van der Waals surface area contributed by atoms with Crippen molar-refractivity contribution in [3.8, 4) is 0 Å². The van der Waals surface area contributed by atoms with E-state index in [0.29, 0.717) is 25.6 Å². The average Bonchev–Trinajstić information content (AvgIpc) is 3.21. The van der Waals surface area contributed by atoms with Gasteiger partial charge in [0.15, 0.2) is 0 Å². The summed E-state index contributed by atoms with van der Waals surface area (Å²) in [5.41, 5.74) is 2.08. The smallest absolute Gasteiger partial charge is 0.228 e. The minimum Gasteiger partial charge on any atom is -0.361 e. The van der Waals surface area contributed by atoms with Gasteiger partial charge >= 0.3 is 0 Å². The first-order valence-corrected chi connectivity index (χ1v) is 8.64. The number of rotatable bonds is 4. The number of aryl methyl sites for hydroxylation is 1. The van der Waals surface area contributed by atoms with Gasteiger partial charge in [0, 0.05) is 38.0 Å².